The summed E-state index contributed by atoms with van der Waals surface area (Å²) in [5.74, 6) is 1.03. The molecular weight excluding hydrogens is 240 g/mol. The van der Waals surface area contributed by atoms with Gasteiger partial charge >= 0.3 is 0 Å². The number of para-hydroxylation sites is 1. The van der Waals surface area contributed by atoms with Crippen LogP contribution < -0.4 is 15.8 Å². The molecule has 0 bridgehead atoms. The summed E-state index contributed by atoms with van der Waals surface area (Å²) in [5.41, 5.74) is 6.90. The number of benzene rings is 1. The summed E-state index contributed by atoms with van der Waals surface area (Å²) in [6.45, 7) is 3.13. The number of nitrogens with one attached hydrogen (secondary N) is 1. The van der Waals surface area contributed by atoms with E-state index >= 15 is 0 Å². The maximum atomic E-state index is 12.2. The molecule has 1 fully saturated rings. The van der Waals surface area contributed by atoms with E-state index in [9.17, 15) is 4.79 Å². The molecule has 104 valence electrons. The number of carbonyl (C=O) groups excluding carboxylic acids is 1. The Morgan fingerprint density at radius 2 is 2.16 bits per heavy atom. The molecule has 4 nitrogen and oxygen atoms in total. The Bertz CT molecular complexity index is 440. The largest absolute Gasteiger partial charge is 0.491 e. The van der Waals surface area contributed by atoms with E-state index in [-0.39, 0.29) is 5.91 Å². The molecule has 4 heteroatoms. The molecule has 1 amide bonds. The predicted molar refractivity (Wildman–Crippen MR) is 76.3 cm³/mol. The van der Waals surface area contributed by atoms with E-state index in [0.29, 0.717) is 29.5 Å². The molecule has 0 aliphatic heterocycles. The summed E-state index contributed by atoms with van der Waals surface area (Å²) >= 11 is 0. The van der Waals surface area contributed by atoms with Crippen LogP contribution in [0.1, 0.15) is 43.0 Å². The van der Waals surface area contributed by atoms with Gasteiger partial charge in [0.15, 0.2) is 5.75 Å². The smallest absolute Gasteiger partial charge is 0.255 e. The number of carbonyl (C=O) groups is 1. The lowest BCUT2D eigenvalue weighted by molar-refractivity contribution is 0.0943. The van der Waals surface area contributed by atoms with Crippen molar-refractivity contribution >= 4 is 11.6 Å². The van der Waals surface area contributed by atoms with Gasteiger partial charge in [-0.1, -0.05) is 18.9 Å². The van der Waals surface area contributed by atoms with Gasteiger partial charge in [0.2, 0.25) is 0 Å². The summed E-state index contributed by atoms with van der Waals surface area (Å²) in [5, 5.41) is 2.99. The molecular formula is C15H22N2O2. The van der Waals surface area contributed by atoms with Gasteiger partial charge in [0.1, 0.15) is 0 Å². The minimum Gasteiger partial charge on any atom is -0.491 e. The molecule has 0 heterocycles. The third-order valence-electron chi connectivity index (χ3n) is 3.60. The highest BCUT2D eigenvalue weighted by Gasteiger charge is 2.18. The van der Waals surface area contributed by atoms with Gasteiger partial charge in [-0.3, -0.25) is 4.79 Å². The predicted octanol–water partition coefficient (Wildman–Crippen LogP) is 2.59. The first-order valence-corrected chi connectivity index (χ1v) is 7.02. The molecule has 0 saturated heterocycles. The Morgan fingerprint density at radius 3 is 2.84 bits per heavy atom. The van der Waals surface area contributed by atoms with Crippen molar-refractivity contribution in [2.75, 3.05) is 18.9 Å². The van der Waals surface area contributed by atoms with Crippen molar-refractivity contribution in [2.45, 2.75) is 32.6 Å². The van der Waals surface area contributed by atoms with Crippen molar-refractivity contribution in [1.29, 1.82) is 0 Å². The molecule has 3 N–H and O–H groups in total. The van der Waals surface area contributed by atoms with Gasteiger partial charge in [-0.2, -0.15) is 0 Å². The Labute approximate surface area is 114 Å². The van der Waals surface area contributed by atoms with E-state index in [1.807, 2.05) is 6.92 Å². The fourth-order valence-corrected chi connectivity index (χ4v) is 2.59. The minimum atomic E-state index is -0.0948. The molecule has 0 unspecified atom stereocenters. The zero-order valence-electron chi connectivity index (χ0n) is 11.4. The molecule has 2 rings (SSSR count). The van der Waals surface area contributed by atoms with Gasteiger partial charge in [0.25, 0.3) is 5.91 Å². The standard InChI is InChI=1S/C15H22N2O2/c1-2-19-14-12(8-5-9-13(14)16)15(18)17-10-11-6-3-4-7-11/h5,8-9,11H,2-4,6-7,10,16H2,1H3,(H,17,18). The maximum Gasteiger partial charge on any atom is 0.255 e. The second-order valence-electron chi connectivity index (χ2n) is 5.02. The molecule has 19 heavy (non-hydrogen) atoms. The molecule has 1 aliphatic rings. The second-order valence-corrected chi connectivity index (χ2v) is 5.02. The van der Waals surface area contributed by atoms with Gasteiger partial charge in [0.05, 0.1) is 17.9 Å². The SMILES string of the molecule is CCOc1c(N)cccc1C(=O)NCC1CCCC1. The molecule has 1 aliphatic carbocycles. The van der Waals surface area contributed by atoms with Crippen LogP contribution in [0.5, 0.6) is 5.75 Å². The van der Waals surface area contributed by atoms with Crippen LogP contribution in [0.2, 0.25) is 0 Å². The summed E-state index contributed by atoms with van der Waals surface area (Å²) in [6.07, 6.45) is 5.00. The summed E-state index contributed by atoms with van der Waals surface area (Å²) < 4.78 is 5.47. The van der Waals surface area contributed by atoms with Crippen molar-refractivity contribution in [3.63, 3.8) is 0 Å². The van der Waals surface area contributed by atoms with Crippen LogP contribution >= 0.6 is 0 Å². The normalized spacial score (nSPS) is 15.4. The number of ether oxygens (including phenoxy) is 1. The molecule has 0 aromatic heterocycles. The lowest BCUT2D eigenvalue weighted by Gasteiger charge is -2.14. The zero-order valence-corrected chi connectivity index (χ0v) is 11.4. The average Bonchev–Trinajstić information content (AvgIpc) is 2.92. The maximum absolute atomic E-state index is 12.2. The molecule has 0 spiro atoms. The van der Waals surface area contributed by atoms with E-state index in [4.69, 9.17) is 10.5 Å². The van der Waals surface area contributed by atoms with Crippen molar-refractivity contribution < 1.29 is 9.53 Å². The van der Waals surface area contributed by atoms with Gasteiger partial charge in [-0.05, 0) is 37.8 Å². The average molecular weight is 262 g/mol. The molecule has 1 aromatic rings. The van der Waals surface area contributed by atoms with Crippen LogP contribution in [0.3, 0.4) is 0 Å². The first-order valence-electron chi connectivity index (χ1n) is 7.02. The Hall–Kier alpha value is -1.71. The van der Waals surface area contributed by atoms with Crippen LogP contribution in [0.15, 0.2) is 18.2 Å². The highest BCUT2D eigenvalue weighted by molar-refractivity contribution is 5.98. The van der Waals surface area contributed by atoms with E-state index in [1.54, 1.807) is 18.2 Å². The van der Waals surface area contributed by atoms with Gasteiger partial charge in [0, 0.05) is 6.54 Å². The number of nitrogens with two attached hydrogens (primary N) is 1. The van der Waals surface area contributed by atoms with Gasteiger partial charge in [-0.25, -0.2) is 0 Å². The fraction of sp³-hybridized carbons (Fsp3) is 0.533. The number of hydrogen-bond donors (Lipinski definition) is 2. The minimum absolute atomic E-state index is 0.0948. The van der Waals surface area contributed by atoms with Crippen molar-refractivity contribution in [1.82, 2.24) is 5.32 Å². The van der Waals surface area contributed by atoms with Crippen LogP contribution in [-0.2, 0) is 0 Å². The molecule has 0 atom stereocenters. The number of amides is 1. The van der Waals surface area contributed by atoms with Crippen LogP contribution in [0.25, 0.3) is 0 Å². The van der Waals surface area contributed by atoms with Crippen LogP contribution in [0, 0.1) is 5.92 Å². The highest BCUT2D eigenvalue weighted by atomic mass is 16.5. The van der Waals surface area contributed by atoms with E-state index < -0.39 is 0 Å². The Kier molecular flexibility index (Phi) is 4.66. The highest BCUT2D eigenvalue weighted by Crippen LogP contribution is 2.27. The number of hydrogen-bond acceptors (Lipinski definition) is 3. The molecule has 1 saturated carbocycles. The second kappa shape index (κ2) is 6.45. The lowest BCUT2D eigenvalue weighted by Crippen LogP contribution is -2.28. The first kappa shape index (κ1) is 13.7. The lowest BCUT2D eigenvalue weighted by atomic mass is 10.1. The quantitative estimate of drug-likeness (QED) is 0.802. The topological polar surface area (TPSA) is 64.3 Å². The third-order valence-corrected chi connectivity index (χ3v) is 3.60. The van der Waals surface area contributed by atoms with Crippen LogP contribution in [-0.4, -0.2) is 19.1 Å². The summed E-state index contributed by atoms with van der Waals surface area (Å²) in [6, 6.07) is 5.28. The number of nitrogen functional groups attached to an aromatic ring is 1. The van der Waals surface area contributed by atoms with Crippen LogP contribution in [0.4, 0.5) is 5.69 Å². The zero-order chi connectivity index (χ0) is 13.7. The van der Waals surface area contributed by atoms with E-state index in [1.165, 1.54) is 25.7 Å². The summed E-state index contributed by atoms with van der Waals surface area (Å²) in [4.78, 5) is 12.2. The van der Waals surface area contributed by atoms with Crippen molar-refractivity contribution in [3.05, 3.63) is 23.8 Å². The van der Waals surface area contributed by atoms with Gasteiger partial charge in [-0.15, -0.1) is 0 Å². The van der Waals surface area contributed by atoms with Gasteiger partial charge < -0.3 is 15.8 Å². The number of anilines is 1. The van der Waals surface area contributed by atoms with Crippen molar-refractivity contribution in [3.8, 4) is 5.75 Å². The Morgan fingerprint density at radius 1 is 1.42 bits per heavy atom. The third kappa shape index (κ3) is 3.40. The Balaban J connectivity index is 2.03. The van der Waals surface area contributed by atoms with E-state index in [2.05, 4.69) is 5.32 Å². The van der Waals surface area contributed by atoms with Crippen molar-refractivity contribution in [2.24, 2.45) is 5.92 Å². The molecule has 1 aromatic carbocycles. The van der Waals surface area contributed by atoms with E-state index in [0.717, 1.165) is 6.54 Å². The monoisotopic (exact) mass is 262 g/mol. The first-order chi connectivity index (χ1) is 9.22. The fourth-order valence-electron chi connectivity index (χ4n) is 2.59. The summed E-state index contributed by atoms with van der Waals surface area (Å²) in [7, 11) is 0. The number of rotatable bonds is 5. The molecule has 0 radical (unpaired) electrons.